The molecule has 1 aromatic heterocycles. The van der Waals surface area contributed by atoms with Gasteiger partial charge in [0.05, 0.1) is 10.5 Å². The highest BCUT2D eigenvalue weighted by molar-refractivity contribution is 7.89. The van der Waals surface area contributed by atoms with Crippen molar-refractivity contribution in [2.45, 2.75) is 31.7 Å². The summed E-state index contributed by atoms with van der Waals surface area (Å²) in [6.45, 7) is 4.92. The van der Waals surface area contributed by atoms with Crippen LogP contribution in [0.25, 0.3) is 22.1 Å². The van der Waals surface area contributed by atoms with Gasteiger partial charge in [-0.15, -0.1) is 0 Å². The number of carbonyl (C=O) groups excluding carboxylic acids is 2. The number of carbonyl (C=O) groups is 3. The molecule has 39 heavy (non-hydrogen) atoms. The molecule has 0 bridgehead atoms. The molecule has 5 N–H and O–H groups in total. The van der Waals surface area contributed by atoms with E-state index in [1.54, 1.807) is 75.4 Å². The first-order valence-corrected chi connectivity index (χ1v) is 13.5. The number of aliphatic carboxylic acids is 1. The van der Waals surface area contributed by atoms with Gasteiger partial charge in [-0.2, -0.15) is 4.72 Å². The highest BCUT2D eigenvalue weighted by Crippen LogP contribution is 2.29. The molecule has 0 aliphatic rings. The average molecular weight is 550 g/mol. The third kappa shape index (κ3) is 5.69. The average Bonchev–Trinajstić information content (AvgIpc) is 3.24. The van der Waals surface area contributed by atoms with Crippen LogP contribution in [-0.2, 0) is 14.8 Å². The fourth-order valence-corrected chi connectivity index (χ4v) is 5.53. The van der Waals surface area contributed by atoms with Gasteiger partial charge < -0.3 is 20.6 Å². The topological polar surface area (TPSA) is 169 Å². The summed E-state index contributed by atoms with van der Waals surface area (Å²) in [6.07, 6.45) is 0. The number of carboxylic acids is 1. The molecule has 2 amide bonds. The van der Waals surface area contributed by atoms with Crippen molar-refractivity contribution >= 4 is 44.5 Å². The smallest absolute Gasteiger partial charge is 0.322 e. The summed E-state index contributed by atoms with van der Waals surface area (Å²) in [4.78, 5) is 36.0. The minimum absolute atomic E-state index is 0.0530. The Labute approximate surface area is 224 Å². The van der Waals surface area contributed by atoms with Gasteiger partial charge in [-0.3, -0.25) is 14.4 Å². The quantitative estimate of drug-likeness (QED) is 0.243. The number of carboxylic acid groups (broad SMARTS) is 1. The van der Waals surface area contributed by atoms with E-state index in [9.17, 15) is 27.9 Å². The Bertz CT molecular complexity index is 1670. The Kier molecular flexibility index (Phi) is 7.57. The van der Waals surface area contributed by atoms with Crippen LogP contribution < -0.4 is 15.8 Å². The van der Waals surface area contributed by atoms with Gasteiger partial charge >= 0.3 is 5.97 Å². The van der Waals surface area contributed by atoms with Crippen molar-refractivity contribution in [2.75, 3.05) is 5.32 Å². The van der Waals surface area contributed by atoms with Crippen molar-refractivity contribution in [1.82, 2.24) is 4.72 Å². The summed E-state index contributed by atoms with van der Waals surface area (Å²) in [5.74, 6) is -2.72. The molecule has 202 valence electrons. The van der Waals surface area contributed by atoms with Crippen LogP contribution in [-0.4, -0.2) is 37.3 Å². The zero-order valence-electron chi connectivity index (χ0n) is 21.4. The predicted octanol–water partition coefficient (Wildman–Crippen LogP) is 4.15. The van der Waals surface area contributed by atoms with Crippen LogP contribution in [0.15, 0.2) is 76.0 Å². The zero-order valence-corrected chi connectivity index (χ0v) is 22.2. The maximum absolute atomic E-state index is 12.9. The second-order valence-electron chi connectivity index (χ2n) is 9.34. The van der Waals surface area contributed by atoms with Gasteiger partial charge in [0.25, 0.3) is 5.91 Å². The van der Waals surface area contributed by atoms with E-state index in [2.05, 4.69) is 10.0 Å². The number of nitrogens with two attached hydrogens (primary N) is 1. The second-order valence-corrected chi connectivity index (χ2v) is 11.1. The highest BCUT2D eigenvalue weighted by Gasteiger charge is 2.28. The SMILES string of the molecule is Cc1c(C(=O)Nc2ccc(-c3ccc(S(=O)(=O)NC(C(=O)O)C(C)C)cc3)cc2)oc2cccc(C(N)=O)c12. The molecular weight excluding hydrogens is 522 g/mol. The van der Waals surface area contributed by atoms with Gasteiger partial charge in [-0.05, 0) is 60.4 Å². The van der Waals surface area contributed by atoms with Crippen LogP contribution in [0.3, 0.4) is 0 Å². The number of primary amides is 1. The maximum Gasteiger partial charge on any atom is 0.322 e. The lowest BCUT2D eigenvalue weighted by Gasteiger charge is -2.18. The molecule has 0 spiro atoms. The number of aryl methyl sites for hydroxylation is 1. The number of fused-ring (bicyclic) bond motifs is 1. The van der Waals surface area contributed by atoms with Crippen molar-refractivity contribution in [3.05, 3.63) is 83.6 Å². The number of benzene rings is 3. The summed E-state index contributed by atoms with van der Waals surface area (Å²) >= 11 is 0. The van der Waals surface area contributed by atoms with Crippen molar-refractivity contribution in [3.8, 4) is 11.1 Å². The molecule has 4 rings (SSSR count). The van der Waals surface area contributed by atoms with Crippen LogP contribution in [0.5, 0.6) is 0 Å². The molecule has 0 aliphatic carbocycles. The first-order valence-electron chi connectivity index (χ1n) is 12.0. The fourth-order valence-electron chi connectivity index (χ4n) is 4.19. The van der Waals surface area contributed by atoms with E-state index < -0.39 is 39.8 Å². The van der Waals surface area contributed by atoms with E-state index in [-0.39, 0.29) is 16.2 Å². The summed E-state index contributed by atoms with van der Waals surface area (Å²) < 4.78 is 33.2. The molecule has 4 aromatic rings. The minimum atomic E-state index is -4.03. The molecule has 10 nitrogen and oxygen atoms in total. The predicted molar refractivity (Wildman–Crippen MR) is 146 cm³/mol. The van der Waals surface area contributed by atoms with Crippen LogP contribution >= 0.6 is 0 Å². The molecule has 3 aromatic carbocycles. The van der Waals surface area contributed by atoms with Crippen molar-refractivity contribution in [2.24, 2.45) is 11.7 Å². The number of sulfonamides is 1. The van der Waals surface area contributed by atoms with Crippen LogP contribution in [0, 0.1) is 12.8 Å². The summed E-state index contributed by atoms with van der Waals surface area (Å²) in [5, 5.41) is 12.6. The first-order chi connectivity index (χ1) is 18.4. The van der Waals surface area contributed by atoms with Gasteiger partial charge in [0.15, 0.2) is 5.76 Å². The lowest BCUT2D eigenvalue weighted by Crippen LogP contribution is -2.44. The molecule has 0 aliphatic heterocycles. The van der Waals surface area contributed by atoms with Crippen molar-refractivity contribution in [1.29, 1.82) is 0 Å². The Balaban J connectivity index is 1.50. The largest absolute Gasteiger partial charge is 0.480 e. The van der Waals surface area contributed by atoms with E-state index in [1.165, 1.54) is 12.1 Å². The van der Waals surface area contributed by atoms with E-state index >= 15 is 0 Å². The summed E-state index contributed by atoms with van der Waals surface area (Å²) in [6, 6.07) is 16.5. The number of hydrogen-bond acceptors (Lipinski definition) is 6. The van der Waals surface area contributed by atoms with E-state index in [4.69, 9.17) is 10.2 Å². The number of amides is 2. The lowest BCUT2D eigenvalue weighted by molar-refractivity contribution is -0.140. The van der Waals surface area contributed by atoms with Crippen molar-refractivity contribution < 1.29 is 32.3 Å². The number of furan rings is 1. The normalized spacial score (nSPS) is 12.4. The third-order valence-electron chi connectivity index (χ3n) is 6.28. The van der Waals surface area contributed by atoms with Crippen molar-refractivity contribution in [3.63, 3.8) is 0 Å². The molecule has 0 fully saturated rings. The Morgan fingerprint density at radius 1 is 0.923 bits per heavy atom. The fraction of sp³-hybridized carbons (Fsp3) is 0.179. The summed E-state index contributed by atoms with van der Waals surface area (Å²) in [7, 11) is -4.03. The van der Waals surface area contributed by atoms with Gasteiger partial charge in [0.1, 0.15) is 11.6 Å². The van der Waals surface area contributed by atoms with Crippen LogP contribution in [0.4, 0.5) is 5.69 Å². The van der Waals surface area contributed by atoms with Crippen LogP contribution in [0.2, 0.25) is 0 Å². The molecule has 0 saturated carbocycles. The van der Waals surface area contributed by atoms with E-state index in [1.807, 2.05) is 0 Å². The van der Waals surface area contributed by atoms with Gasteiger partial charge in [-0.25, -0.2) is 8.42 Å². The Morgan fingerprint density at radius 2 is 1.51 bits per heavy atom. The van der Waals surface area contributed by atoms with Gasteiger partial charge in [-0.1, -0.05) is 44.2 Å². The third-order valence-corrected chi connectivity index (χ3v) is 7.74. The highest BCUT2D eigenvalue weighted by atomic mass is 32.2. The monoisotopic (exact) mass is 549 g/mol. The van der Waals surface area contributed by atoms with Gasteiger partial charge in [0, 0.05) is 16.6 Å². The minimum Gasteiger partial charge on any atom is -0.480 e. The maximum atomic E-state index is 12.9. The lowest BCUT2D eigenvalue weighted by atomic mass is 10.0. The standard InChI is InChI=1S/C28H27N3O7S/c1-15(2)24(28(34)35)31-39(36,37)20-13-9-18(10-14-20)17-7-11-19(12-8-17)30-27(33)25-16(3)23-21(26(29)32)5-4-6-22(23)38-25/h4-15,24,31H,1-3H3,(H2,29,32)(H,30,33)(H,34,35). The molecule has 1 unspecified atom stereocenters. The molecule has 0 radical (unpaired) electrons. The molecule has 1 heterocycles. The number of anilines is 1. The zero-order chi connectivity index (χ0) is 28.5. The number of hydrogen-bond donors (Lipinski definition) is 4. The Morgan fingerprint density at radius 3 is 2.05 bits per heavy atom. The molecular formula is C28H27N3O7S. The second kappa shape index (κ2) is 10.7. The molecule has 1 atom stereocenters. The van der Waals surface area contributed by atoms with E-state index in [0.29, 0.717) is 22.2 Å². The number of nitrogens with one attached hydrogen (secondary N) is 2. The van der Waals surface area contributed by atoms with E-state index in [0.717, 1.165) is 11.1 Å². The first kappa shape index (κ1) is 27.6. The summed E-state index contributed by atoms with van der Waals surface area (Å²) in [5.41, 5.74) is 8.59. The molecule has 0 saturated heterocycles. The Hall–Kier alpha value is -4.48. The van der Waals surface area contributed by atoms with Crippen LogP contribution in [0.1, 0.15) is 40.3 Å². The molecule has 11 heteroatoms. The van der Waals surface area contributed by atoms with Gasteiger partial charge in [0.2, 0.25) is 15.9 Å². The number of rotatable bonds is 9.